The van der Waals surface area contributed by atoms with Gasteiger partial charge in [0.1, 0.15) is 6.29 Å². The van der Waals surface area contributed by atoms with Gasteiger partial charge in [0.05, 0.1) is 6.10 Å². The topological polar surface area (TPSA) is 26.3 Å². The molecule has 0 saturated heterocycles. The fourth-order valence-electron chi connectivity index (χ4n) is 2.41. The minimum absolute atomic E-state index is 0.115. The van der Waals surface area contributed by atoms with Crippen LogP contribution in [0.1, 0.15) is 85.0 Å². The van der Waals surface area contributed by atoms with E-state index in [-0.39, 0.29) is 11.1 Å². The molecule has 0 heterocycles. The Labute approximate surface area is 145 Å². The third kappa shape index (κ3) is 10.7. The second kappa shape index (κ2) is 11.9. The minimum atomic E-state index is -1.77. The molecule has 23 heavy (non-hydrogen) atoms. The second-order valence-corrected chi connectivity index (χ2v) is 12.9. The van der Waals surface area contributed by atoms with Crippen molar-refractivity contribution in [3.63, 3.8) is 0 Å². The van der Waals surface area contributed by atoms with Gasteiger partial charge in [-0.3, -0.25) is 0 Å². The smallest absolute Gasteiger partial charge is 0.192 e. The lowest BCUT2D eigenvalue weighted by atomic mass is 10.0. The molecule has 0 aromatic rings. The lowest BCUT2D eigenvalue weighted by Gasteiger charge is -2.39. The van der Waals surface area contributed by atoms with Gasteiger partial charge in [-0.15, -0.1) is 12.3 Å². The van der Waals surface area contributed by atoms with Crippen molar-refractivity contribution < 1.29 is 9.22 Å². The zero-order chi connectivity index (χ0) is 17.8. The predicted molar refractivity (Wildman–Crippen MR) is 103 cm³/mol. The van der Waals surface area contributed by atoms with E-state index in [2.05, 4.69) is 39.8 Å². The van der Waals surface area contributed by atoms with Crippen molar-refractivity contribution >= 4 is 14.6 Å². The summed E-state index contributed by atoms with van der Waals surface area (Å²) in [5, 5.41) is 0.201. The Hall–Kier alpha value is -0.593. The molecule has 0 aliphatic carbocycles. The van der Waals surface area contributed by atoms with Gasteiger partial charge in [0.2, 0.25) is 0 Å². The Morgan fingerprint density at radius 2 is 1.57 bits per heavy atom. The number of aldehydes is 1. The third-order valence-electron chi connectivity index (χ3n) is 4.97. The molecule has 0 aromatic carbocycles. The Morgan fingerprint density at radius 3 is 2.04 bits per heavy atom. The molecule has 0 aliphatic heterocycles. The van der Waals surface area contributed by atoms with Crippen LogP contribution in [0.5, 0.6) is 0 Å². The molecule has 0 aromatic heterocycles. The number of rotatable bonds is 13. The van der Waals surface area contributed by atoms with Crippen LogP contribution in [-0.2, 0) is 9.22 Å². The fourth-order valence-corrected chi connectivity index (χ4v) is 3.81. The zero-order valence-electron chi connectivity index (χ0n) is 16.1. The summed E-state index contributed by atoms with van der Waals surface area (Å²) in [5.41, 5.74) is 0. The minimum Gasteiger partial charge on any atom is -0.414 e. The summed E-state index contributed by atoms with van der Waals surface area (Å²) in [5.74, 6) is 2.69. The first-order chi connectivity index (χ1) is 10.7. The highest BCUT2D eigenvalue weighted by Crippen LogP contribution is 2.38. The van der Waals surface area contributed by atoms with Crippen molar-refractivity contribution in [3.05, 3.63) is 0 Å². The first-order valence-corrected chi connectivity index (χ1v) is 12.2. The fraction of sp³-hybridized carbons (Fsp3) is 0.850. The van der Waals surface area contributed by atoms with Crippen molar-refractivity contribution in [1.82, 2.24) is 0 Å². The molecule has 0 bridgehead atoms. The zero-order valence-corrected chi connectivity index (χ0v) is 17.1. The molecule has 3 heteroatoms. The molecular formula is C20H38O2Si. The number of carbonyl (C=O) groups excluding carboxylic acids is 1. The van der Waals surface area contributed by atoms with E-state index in [4.69, 9.17) is 10.8 Å². The maximum absolute atomic E-state index is 10.9. The summed E-state index contributed by atoms with van der Waals surface area (Å²) in [7, 11) is -1.77. The number of hydrogen-bond donors (Lipinski definition) is 0. The number of terminal acetylenes is 1. The molecular weight excluding hydrogens is 300 g/mol. The summed E-state index contributed by atoms with van der Waals surface area (Å²) in [6.45, 7) is 11.3. The third-order valence-corrected chi connectivity index (χ3v) is 9.51. The normalized spacial score (nSPS) is 13.6. The van der Waals surface area contributed by atoms with E-state index in [1.54, 1.807) is 0 Å². The second-order valence-electron chi connectivity index (χ2n) is 8.12. The lowest BCUT2D eigenvalue weighted by Crippen LogP contribution is -2.44. The first kappa shape index (κ1) is 22.4. The van der Waals surface area contributed by atoms with Gasteiger partial charge >= 0.3 is 0 Å². The predicted octanol–water partition coefficient (Wildman–Crippen LogP) is 6.11. The maximum Gasteiger partial charge on any atom is 0.192 e. The molecule has 1 atom stereocenters. The molecule has 0 radical (unpaired) electrons. The summed E-state index contributed by atoms with van der Waals surface area (Å²) < 4.78 is 6.40. The van der Waals surface area contributed by atoms with E-state index < -0.39 is 8.32 Å². The van der Waals surface area contributed by atoms with Crippen LogP contribution in [0.3, 0.4) is 0 Å². The van der Waals surface area contributed by atoms with Crippen LogP contribution in [-0.4, -0.2) is 20.7 Å². The number of hydrogen-bond acceptors (Lipinski definition) is 2. The quantitative estimate of drug-likeness (QED) is 0.175. The van der Waals surface area contributed by atoms with Gasteiger partial charge in [0.25, 0.3) is 0 Å². The molecule has 0 aliphatic rings. The van der Waals surface area contributed by atoms with E-state index in [0.29, 0.717) is 6.42 Å². The number of unbranched alkanes of at least 4 members (excludes halogenated alkanes) is 7. The summed E-state index contributed by atoms with van der Waals surface area (Å²) in [6, 6.07) is 0. The molecule has 134 valence electrons. The van der Waals surface area contributed by atoms with Crippen molar-refractivity contribution in [2.75, 3.05) is 0 Å². The Bertz CT molecular complexity index is 350. The lowest BCUT2D eigenvalue weighted by molar-refractivity contribution is -0.109. The summed E-state index contributed by atoms with van der Waals surface area (Å²) >= 11 is 0. The van der Waals surface area contributed by atoms with E-state index in [9.17, 15) is 4.79 Å². The van der Waals surface area contributed by atoms with E-state index in [1.807, 2.05) is 0 Å². The van der Waals surface area contributed by atoms with Crippen molar-refractivity contribution in [3.8, 4) is 12.3 Å². The highest BCUT2D eigenvalue weighted by molar-refractivity contribution is 6.74. The monoisotopic (exact) mass is 338 g/mol. The van der Waals surface area contributed by atoms with Gasteiger partial charge in [0.15, 0.2) is 8.32 Å². The van der Waals surface area contributed by atoms with Crippen LogP contribution in [0.25, 0.3) is 0 Å². The van der Waals surface area contributed by atoms with Crippen molar-refractivity contribution in [2.24, 2.45) is 0 Å². The Morgan fingerprint density at radius 1 is 1.04 bits per heavy atom. The van der Waals surface area contributed by atoms with Crippen molar-refractivity contribution in [1.29, 1.82) is 0 Å². The first-order valence-electron chi connectivity index (χ1n) is 9.29. The average molecular weight is 339 g/mol. The van der Waals surface area contributed by atoms with Gasteiger partial charge in [0, 0.05) is 12.8 Å². The standard InChI is InChI=1S/C20H38O2Si/c1-7-8-9-10-11-12-13-14-15-16-19(17-18-21)22-23(5,6)20(2,3)4/h1,18-19H,8-17H2,2-6H3/t19-/m0/s1. The summed E-state index contributed by atoms with van der Waals surface area (Å²) in [4.78, 5) is 10.9. The highest BCUT2D eigenvalue weighted by atomic mass is 28.4. The molecule has 0 amide bonds. The van der Waals surface area contributed by atoms with Gasteiger partial charge in [-0.25, -0.2) is 0 Å². The molecule has 0 unspecified atom stereocenters. The molecule has 0 spiro atoms. The van der Waals surface area contributed by atoms with Crippen molar-refractivity contribution in [2.45, 2.75) is 109 Å². The van der Waals surface area contributed by atoms with Crippen LogP contribution < -0.4 is 0 Å². The molecule has 0 saturated carbocycles. The van der Waals surface area contributed by atoms with E-state index in [0.717, 1.165) is 32.0 Å². The van der Waals surface area contributed by atoms with Crippen LogP contribution in [0.4, 0.5) is 0 Å². The van der Waals surface area contributed by atoms with Gasteiger partial charge in [-0.1, -0.05) is 59.3 Å². The molecule has 0 fully saturated rings. The molecule has 0 N–H and O–H groups in total. The van der Waals surface area contributed by atoms with Gasteiger partial charge < -0.3 is 9.22 Å². The van der Waals surface area contributed by atoms with Crippen LogP contribution in [0, 0.1) is 12.3 Å². The maximum atomic E-state index is 10.9. The van der Waals surface area contributed by atoms with E-state index >= 15 is 0 Å². The largest absolute Gasteiger partial charge is 0.414 e. The SMILES string of the molecule is C#CCCCCCCCCC[C@@H](CC=O)O[Si](C)(C)C(C)(C)C. The molecule has 2 nitrogen and oxygen atoms in total. The average Bonchev–Trinajstić information content (AvgIpc) is 2.44. The Balaban J connectivity index is 3.94. The van der Waals surface area contributed by atoms with Crippen LogP contribution in [0.15, 0.2) is 0 Å². The van der Waals surface area contributed by atoms with E-state index in [1.165, 1.54) is 32.1 Å². The van der Waals surface area contributed by atoms with Gasteiger partial charge in [-0.05, 0) is 31.0 Å². The summed E-state index contributed by atoms with van der Waals surface area (Å²) in [6.07, 6.45) is 17.5. The molecule has 0 rings (SSSR count). The Kier molecular flexibility index (Phi) is 11.6. The van der Waals surface area contributed by atoms with Crippen LogP contribution >= 0.6 is 0 Å². The van der Waals surface area contributed by atoms with Gasteiger partial charge in [-0.2, -0.15) is 0 Å². The highest BCUT2D eigenvalue weighted by Gasteiger charge is 2.38. The van der Waals surface area contributed by atoms with Crippen LogP contribution in [0.2, 0.25) is 18.1 Å². The number of carbonyl (C=O) groups is 1.